The summed E-state index contributed by atoms with van der Waals surface area (Å²) >= 11 is 0. The lowest BCUT2D eigenvalue weighted by atomic mass is 9.97. The molecule has 4 nitrogen and oxygen atoms in total. The van der Waals surface area contributed by atoms with Crippen molar-refractivity contribution in [1.29, 1.82) is 0 Å². The number of fused-ring (bicyclic) bond motifs is 1. The van der Waals surface area contributed by atoms with Crippen LogP contribution in [0.25, 0.3) is 0 Å². The maximum absolute atomic E-state index is 12.3. The number of hydrogen-bond donors (Lipinski definition) is 1. The Bertz CT molecular complexity index is 448. The van der Waals surface area contributed by atoms with E-state index in [1.54, 1.807) is 12.0 Å². The number of carbonyl (C=O) groups is 1. The molecule has 0 spiro atoms. The van der Waals surface area contributed by atoms with Crippen LogP contribution in [0.15, 0.2) is 24.3 Å². The van der Waals surface area contributed by atoms with Gasteiger partial charge in [0.1, 0.15) is 0 Å². The maximum atomic E-state index is 12.3. The molecule has 2 atom stereocenters. The number of nitrogens with zero attached hydrogens (tertiary/aromatic N) is 1. The molecule has 0 radical (unpaired) electrons. The lowest BCUT2D eigenvalue weighted by Crippen LogP contribution is -2.38. The van der Waals surface area contributed by atoms with Crippen LogP contribution in [-0.4, -0.2) is 44.2 Å². The van der Waals surface area contributed by atoms with Crippen LogP contribution >= 0.6 is 0 Å². The minimum atomic E-state index is 0.113. The third-order valence-corrected chi connectivity index (χ3v) is 3.82. The van der Waals surface area contributed by atoms with Gasteiger partial charge >= 0.3 is 0 Å². The quantitative estimate of drug-likeness (QED) is 0.883. The fourth-order valence-electron chi connectivity index (χ4n) is 2.49. The number of likely N-dealkylation sites (N-methyl/N-ethyl adjacent to an activating group) is 1. The summed E-state index contributed by atoms with van der Waals surface area (Å²) < 4.78 is 5.09. The molecule has 4 heteroatoms. The summed E-state index contributed by atoms with van der Waals surface area (Å²) in [4.78, 5) is 14.0. The number of rotatable bonds is 5. The predicted octanol–water partition coefficient (Wildman–Crippen LogP) is 2.08. The molecule has 0 aliphatic carbocycles. The smallest absolute Gasteiger partial charge is 0.223 e. The monoisotopic (exact) mass is 262 g/mol. The Kier molecular flexibility index (Phi) is 4.43. The van der Waals surface area contributed by atoms with Gasteiger partial charge in [-0.3, -0.25) is 4.79 Å². The first-order chi connectivity index (χ1) is 9.13. The fraction of sp³-hybridized carbons (Fsp3) is 0.533. The van der Waals surface area contributed by atoms with E-state index < -0.39 is 0 Å². The first-order valence-electron chi connectivity index (χ1n) is 6.71. The van der Waals surface area contributed by atoms with Gasteiger partial charge in [0.05, 0.1) is 12.6 Å². The molecule has 104 valence electrons. The van der Waals surface area contributed by atoms with Gasteiger partial charge in [0.15, 0.2) is 0 Å². The van der Waals surface area contributed by atoms with Crippen molar-refractivity contribution >= 4 is 11.6 Å². The zero-order valence-corrected chi connectivity index (χ0v) is 11.8. The van der Waals surface area contributed by atoms with E-state index in [-0.39, 0.29) is 17.9 Å². The van der Waals surface area contributed by atoms with Gasteiger partial charge in [0.2, 0.25) is 5.91 Å². The van der Waals surface area contributed by atoms with E-state index in [4.69, 9.17) is 4.74 Å². The molecule has 0 bridgehead atoms. The van der Waals surface area contributed by atoms with E-state index in [1.165, 1.54) is 5.56 Å². The molecule has 2 unspecified atom stereocenters. The number of hydrogen-bond acceptors (Lipinski definition) is 3. The number of carbonyl (C=O) groups excluding carboxylic acids is 1. The number of ether oxygens (including phenoxy) is 1. The Balaban J connectivity index is 1.97. The summed E-state index contributed by atoms with van der Waals surface area (Å²) in [6.45, 7) is 3.42. The molecular formula is C15H22N2O2. The number of anilines is 1. The van der Waals surface area contributed by atoms with Crippen LogP contribution in [0.3, 0.4) is 0 Å². The molecular weight excluding hydrogens is 240 g/mol. The van der Waals surface area contributed by atoms with Crippen molar-refractivity contribution in [3.8, 4) is 0 Å². The van der Waals surface area contributed by atoms with E-state index in [9.17, 15) is 4.79 Å². The van der Waals surface area contributed by atoms with Crippen molar-refractivity contribution in [2.75, 3.05) is 32.6 Å². The van der Waals surface area contributed by atoms with Crippen LogP contribution in [0.5, 0.6) is 0 Å². The van der Waals surface area contributed by atoms with Crippen molar-refractivity contribution in [2.45, 2.75) is 25.3 Å². The summed E-state index contributed by atoms with van der Waals surface area (Å²) in [5.41, 5.74) is 2.41. The third-order valence-electron chi connectivity index (χ3n) is 3.82. The Morgan fingerprint density at radius 1 is 1.53 bits per heavy atom. The molecule has 2 rings (SSSR count). The Morgan fingerprint density at radius 2 is 2.26 bits per heavy atom. The van der Waals surface area contributed by atoms with Gasteiger partial charge in [-0.05, 0) is 18.6 Å². The largest absolute Gasteiger partial charge is 0.384 e. The third kappa shape index (κ3) is 3.07. The van der Waals surface area contributed by atoms with E-state index in [2.05, 4.69) is 17.4 Å². The van der Waals surface area contributed by atoms with Crippen LogP contribution in [0.1, 0.15) is 24.8 Å². The number of para-hydroxylation sites is 1. The Morgan fingerprint density at radius 3 is 3.00 bits per heavy atom. The van der Waals surface area contributed by atoms with Crippen LogP contribution in [0.2, 0.25) is 0 Å². The van der Waals surface area contributed by atoms with E-state index in [0.717, 1.165) is 12.2 Å². The highest BCUT2D eigenvalue weighted by molar-refractivity contribution is 5.78. The highest BCUT2D eigenvalue weighted by atomic mass is 16.5. The standard InChI is InChI=1S/C15H22N2O2/c1-11(10-19-3)17(2)15(18)8-12-9-16-14-7-5-4-6-13(12)14/h4-7,11-12,16H,8-10H2,1-3H3. The molecule has 1 N–H and O–H groups in total. The molecule has 0 saturated carbocycles. The maximum Gasteiger partial charge on any atom is 0.223 e. The molecule has 1 aliphatic rings. The topological polar surface area (TPSA) is 41.6 Å². The van der Waals surface area contributed by atoms with Crippen LogP contribution < -0.4 is 5.32 Å². The van der Waals surface area contributed by atoms with E-state index >= 15 is 0 Å². The summed E-state index contributed by atoms with van der Waals surface area (Å²) in [5, 5.41) is 3.35. The Labute approximate surface area is 114 Å². The number of nitrogens with one attached hydrogen (secondary N) is 1. The molecule has 0 fully saturated rings. The van der Waals surface area contributed by atoms with E-state index in [0.29, 0.717) is 13.0 Å². The zero-order valence-electron chi connectivity index (χ0n) is 11.8. The first-order valence-corrected chi connectivity index (χ1v) is 6.71. The van der Waals surface area contributed by atoms with Gasteiger partial charge in [0, 0.05) is 38.7 Å². The van der Waals surface area contributed by atoms with Crippen molar-refractivity contribution in [1.82, 2.24) is 4.90 Å². The highest BCUT2D eigenvalue weighted by Gasteiger charge is 2.26. The molecule has 1 heterocycles. The number of benzene rings is 1. The van der Waals surface area contributed by atoms with Crippen molar-refractivity contribution in [3.05, 3.63) is 29.8 Å². The van der Waals surface area contributed by atoms with E-state index in [1.807, 2.05) is 26.1 Å². The van der Waals surface area contributed by atoms with Gasteiger partial charge in [0.25, 0.3) is 0 Å². The highest BCUT2D eigenvalue weighted by Crippen LogP contribution is 2.33. The van der Waals surface area contributed by atoms with Crippen molar-refractivity contribution in [3.63, 3.8) is 0 Å². The zero-order chi connectivity index (χ0) is 13.8. The van der Waals surface area contributed by atoms with Crippen LogP contribution in [0.4, 0.5) is 5.69 Å². The second-order valence-electron chi connectivity index (χ2n) is 5.18. The second kappa shape index (κ2) is 6.06. The summed E-state index contributed by atoms with van der Waals surface area (Å²) in [6.07, 6.45) is 0.550. The fourth-order valence-corrected chi connectivity index (χ4v) is 2.49. The lowest BCUT2D eigenvalue weighted by molar-refractivity contribution is -0.132. The first kappa shape index (κ1) is 13.9. The number of methoxy groups -OCH3 is 1. The Hall–Kier alpha value is -1.55. The van der Waals surface area contributed by atoms with Crippen molar-refractivity contribution in [2.24, 2.45) is 0 Å². The summed E-state index contributed by atoms with van der Waals surface area (Å²) in [7, 11) is 3.51. The summed E-state index contributed by atoms with van der Waals surface area (Å²) in [6, 6.07) is 8.33. The minimum absolute atomic E-state index is 0.113. The number of amides is 1. The molecule has 19 heavy (non-hydrogen) atoms. The average Bonchev–Trinajstić information content (AvgIpc) is 2.81. The lowest BCUT2D eigenvalue weighted by Gasteiger charge is -2.25. The van der Waals surface area contributed by atoms with Gasteiger partial charge < -0.3 is 15.0 Å². The predicted molar refractivity (Wildman–Crippen MR) is 76.4 cm³/mol. The molecule has 1 aromatic rings. The molecule has 0 aromatic heterocycles. The van der Waals surface area contributed by atoms with Gasteiger partial charge in [-0.1, -0.05) is 18.2 Å². The van der Waals surface area contributed by atoms with Crippen LogP contribution in [-0.2, 0) is 9.53 Å². The molecule has 1 aromatic carbocycles. The van der Waals surface area contributed by atoms with Crippen LogP contribution in [0, 0.1) is 0 Å². The molecule has 1 amide bonds. The summed E-state index contributed by atoms with van der Waals surface area (Å²) in [5.74, 6) is 0.453. The SMILES string of the molecule is COCC(C)N(C)C(=O)CC1CNc2ccccc21. The average molecular weight is 262 g/mol. The van der Waals surface area contributed by atoms with Crippen molar-refractivity contribution < 1.29 is 9.53 Å². The molecule has 1 aliphatic heterocycles. The normalized spacial score (nSPS) is 18.6. The van der Waals surface area contributed by atoms with Gasteiger partial charge in [-0.15, -0.1) is 0 Å². The minimum Gasteiger partial charge on any atom is -0.384 e. The second-order valence-corrected chi connectivity index (χ2v) is 5.18. The van der Waals surface area contributed by atoms with Gasteiger partial charge in [-0.25, -0.2) is 0 Å². The molecule has 0 saturated heterocycles. The van der Waals surface area contributed by atoms with Gasteiger partial charge in [-0.2, -0.15) is 0 Å².